The number of aliphatic imine (C=N–C) groups is 1. The van der Waals surface area contributed by atoms with Gasteiger partial charge in [0.15, 0.2) is 11.6 Å². The van der Waals surface area contributed by atoms with E-state index in [1.54, 1.807) is 0 Å². The lowest BCUT2D eigenvalue weighted by atomic mass is 9.77. The summed E-state index contributed by atoms with van der Waals surface area (Å²) in [6, 6.07) is 9.89. The Bertz CT molecular complexity index is 920. The molecule has 5 nitrogen and oxygen atoms in total. The van der Waals surface area contributed by atoms with E-state index in [2.05, 4.69) is 4.99 Å². The Hall–Kier alpha value is -2.69. The lowest BCUT2D eigenvalue weighted by Crippen LogP contribution is -2.26. The molecule has 2 aliphatic carbocycles. The second kappa shape index (κ2) is 6.24. The van der Waals surface area contributed by atoms with E-state index in [1.165, 1.54) is 6.21 Å². The van der Waals surface area contributed by atoms with Gasteiger partial charge < -0.3 is 5.11 Å². The van der Waals surface area contributed by atoms with Crippen LogP contribution in [-0.2, 0) is 17.6 Å². The second-order valence-corrected chi connectivity index (χ2v) is 7.91. The largest absolute Gasteiger partial charge is 0.511 e. The van der Waals surface area contributed by atoms with Gasteiger partial charge in [-0.05, 0) is 36.8 Å². The highest BCUT2D eigenvalue weighted by Crippen LogP contribution is 2.36. The van der Waals surface area contributed by atoms with E-state index in [0.717, 1.165) is 42.0 Å². The summed E-state index contributed by atoms with van der Waals surface area (Å²) in [7, 11) is 0. The number of benzene rings is 1. The number of aliphatic hydroxyl groups is 1. The molecule has 0 atom stereocenters. The van der Waals surface area contributed by atoms with E-state index < -0.39 is 0 Å². The van der Waals surface area contributed by atoms with Crippen LogP contribution >= 0.6 is 0 Å². The number of aryl methyl sites for hydroxylation is 1. The first kappa shape index (κ1) is 16.8. The van der Waals surface area contributed by atoms with Gasteiger partial charge in [-0.1, -0.05) is 32.0 Å². The molecule has 26 heavy (non-hydrogen) atoms. The summed E-state index contributed by atoms with van der Waals surface area (Å²) in [6.07, 6.45) is 5.43. The van der Waals surface area contributed by atoms with Crippen molar-refractivity contribution in [3.05, 3.63) is 52.9 Å². The molecule has 0 unspecified atom stereocenters. The Morgan fingerprint density at radius 3 is 2.69 bits per heavy atom. The molecule has 4 rings (SSSR count). The van der Waals surface area contributed by atoms with Crippen molar-refractivity contribution in [1.82, 2.24) is 9.78 Å². The number of nitrogens with zero attached hydrogens (tertiary/aromatic N) is 3. The Balaban J connectivity index is 1.75. The van der Waals surface area contributed by atoms with Crippen LogP contribution in [0.4, 0.5) is 5.82 Å². The molecule has 0 bridgehead atoms. The van der Waals surface area contributed by atoms with Gasteiger partial charge >= 0.3 is 0 Å². The molecule has 2 aliphatic rings. The van der Waals surface area contributed by atoms with Crippen LogP contribution < -0.4 is 0 Å². The number of aromatic nitrogens is 2. The lowest BCUT2D eigenvalue weighted by molar-refractivity contribution is -0.117. The predicted molar refractivity (Wildman–Crippen MR) is 101 cm³/mol. The highest BCUT2D eigenvalue weighted by Gasteiger charge is 2.32. The molecular formula is C21H23N3O2. The van der Waals surface area contributed by atoms with Crippen molar-refractivity contribution in [3.8, 4) is 5.69 Å². The first-order valence-corrected chi connectivity index (χ1v) is 9.10. The minimum Gasteiger partial charge on any atom is -0.511 e. The van der Waals surface area contributed by atoms with E-state index in [-0.39, 0.29) is 17.0 Å². The third kappa shape index (κ3) is 2.98. The highest BCUT2D eigenvalue weighted by atomic mass is 16.3. The average molecular weight is 349 g/mol. The first-order valence-electron chi connectivity index (χ1n) is 9.10. The molecule has 0 saturated heterocycles. The van der Waals surface area contributed by atoms with Crippen molar-refractivity contribution in [3.63, 3.8) is 0 Å². The van der Waals surface area contributed by atoms with Gasteiger partial charge in [-0.3, -0.25) is 4.79 Å². The Labute approximate surface area is 153 Å². The van der Waals surface area contributed by atoms with Crippen molar-refractivity contribution in [1.29, 1.82) is 0 Å². The molecule has 0 amide bonds. The van der Waals surface area contributed by atoms with E-state index in [0.29, 0.717) is 18.4 Å². The second-order valence-electron chi connectivity index (χ2n) is 7.91. The van der Waals surface area contributed by atoms with Gasteiger partial charge in [0, 0.05) is 24.6 Å². The van der Waals surface area contributed by atoms with Crippen LogP contribution in [0.25, 0.3) is 5.69 Å². The number of para-hydroxylation sites is 1. The van der Waals surface area contributed by atoms with Crippen molar-refractivity contribution in [2.24, 2.45) is 10.4 Å². The standard InChI is InChI=1S/C21H23N3O2/c1-21(2)11-18(25)16(19(26)12-21)13-22-20-15-9-6-10-17(15)23-24(20)14-7-4-3-5-8-14/h3-5,7-8,13,25H,6,9-12H2,1-2H3. The van der Waals surface area contributed by atoms with E-state index in [1.807, 2.05) is 48.9 Å². The maximum atomic E-state index is 12.4. The van der Waals surface area contributed by atoms with Gasteiger partial charge in [0.05, 0.1) is 17.0 Å². The zero-order valence-electron chi connectivity index (χ0n) is 15.2. The van der Waals surface area contributed by atoms with E-state index in [9.17, 15) is 9.90 Å². The molecular weight excluding hydrogens is 326 g/mol. The van der Waals surface area contributed by atoms with Gasteiger partial charge in [0.25, 0.3) is 0 Å². The van der Waals surface area contributed by atoms with Crippen molar-refractivity contribution in [2.45, 2.75) is 46.0 Å². The summed E-state index contributed by atoms with van der Waals surface area (Å²) in [5.41, 5.74) is 3.30. The number of rotatable bonds is 3. The van der Waals surface area contributed by atoms with E-state index in [4.69, 9.17) is 5.10 Å². The maximum absolute atomic E-state index is 12.4. The van der Waals surface area contributed by atoms with Crippen LogP contribution in [0.15, 0.2) is 46.7 Å². The number of fused-ring (bicyclic) bond motifs is 1. The summed E-state index contributed by atoms with van der Waals surface area (Å²) in [5.74, 6) is 0.851. The molecule has 0 aliphatic heterocycles. The lowest BCUT2D eigenvalue weighted by Gasteiger charge is -2.28. The summed E-state index contributed by atoms with van der Waals surface area (Å²) in [5, 5.41) is 15.1. The van der Waals surface area contributed by atoms with Crippen molar-refractivity contribution in [2.75, 3.05) is 0 Å². The van der Waals surface area contributed by atoms with Crippen molar-refractivity contribution >= 4 is 17.8 Å². The molecule has 1 N–H and O–H groups in total. The van der Waals surface area contributed by atoms with Gasteiger partial charge in [0.2, 0.25) is 0 Å². The Morgan fingerprint density at radius 2 is 1.96 bits per heavy atom. The van der Waals surface area contributed by atoms with Gasteiger partial charge in [-0.25, -0.2) is 9.67 Å². The van der Waals surface area contributed by atoms with Gasteiger partial charge in [-0.2, -0.15) is 5.10 Å². The predicted octanol–water partition coefficient (Wildman–Crippen LogP) is 4.26. The molecule has 134 valence electrons. The third-order valence-corrected chi connectivity index (χ3v) is 5.09. The van der Waals surface area contributed by atoms with Crippen LogP contribution in [0.5, 0.6) is 0 Å². The van der Waals surface area contributed by atoms with Crippen molar-refractivity contribution < 1.29 is 9.90 Å². The number of hydrogen-bond acceptors (Lipinski definition) is 4. The Kier molecular flexibility index (Phi) is 4.02. The number of carbonyl (C=O) groups excluding carboxylic acids is 1. The third-order valence-electron chi connectivity index (χ3n) is 5.09. The summed E-state index contributed by atoms with van der Waals surface area (Å²) < 4.78 is 1.84. The normalized spacial score (nSPS) is 19.4. The molecule has 0 radical (unpaired) electrons. The summed E-state index contributed by atoms with van der Waals surface area (Å²) in [4.78, 5) is 17.1. The fourth-order valence-corrected chi connectivity index (χ4v) is 3.83. The number of aliphatic hydroxyl groups excluding tert-OH is 1. The number of allylic oxidation sites excluding steroid dienone is 2. The zero-order chi connectivity index (χ0) is 18.3. The minimum atomic E-state index is -0.203. The quantitative estimate of drug-likeness (QED) is 0.842. The Morgan fingerprint density at radius 1 is 1.19 bits per heavy atom. The molecule has 1 heterocycles. The number of ketones is 1. The number of Topliss-reactive ketones (excluding diaryl/α,β-unsaturated/α-hetero) is 1. The monoisotopic (exact) mass is 349 g/mol. The first-order chi connectivity index (χ1) is 12.4. The maximum Gasteiger partial charge on any atom is 0.168 e. The summed E-state index contributed by atoms with van der Waals surface area (Å²) >= 11 is 0. The minimum absolute atomic E-state index is 0.0510. The van der Waals surface area contributed by atoms with Gasteiger partial charge in [-0.15, -0.1) is 0 Å². The van der Waals surface area contributed by atoms with Crippen LogP contribution in [0.2, 0.25) is 0 Å². The molecule has 0 spiro atoms. The molecule has 0 fully saturated rings. The van der Waals surface area contributed by atoms with Crippen LogP contribution in [-0.4, -0.2) is 26.9 Å². The SMILES string of the molecule is CC1(C)CC(=O)C(C=Nc2c3c(nn2-c2ccccc2)CCC3)=C(O)C1. The molecule has 2 aromatic rings. The summed E-state index contributed by atoms with van der Waals surface area (Å²) in [6.45, 7) is 3.98. The van der Waals surface area contributed by atoms with Gasteiger partial charge in [0.1, 0.15) is 5.76 Å². The fraction of sp³-hybridized carbons (Fsp3) is 0.381. The molecule has 5 heteroatoms. The highest BCUT2D eigenvalue weighted by molar-refractivity contribution is 6.14. The zero-order valence-corrected chi connectivity index (χ0v) is 15.2. The molecule has 1 aromatic carbocycles. The van der Waals surface area contributed by atoms with E-state index >= 15 is 0 Å². The van der Waals surface area contributed by atoms with Crippen LogP contribution in [0.3, 0.4) is 0 Å². The average Bonchev–Trinajstić information content (AvgIpc) is 3.16. The number of carbonyl (C=O) groups is 1. The fourth-order valence-electron chi connectivity index (χ4n) is 3.83. The molecule has 0 saturated carbocycles. The smallest absolute Gasteiger partial charge is 0.168 e. The molecule has 1 aromatic heterocycles. The van der Waals surface area contributed by atoms with Crippen LogP contribution in [0, 0.1) is 5.41 Å². The topological polar surface area (TPSA) is 67.5 Å². The number of hydrogen-bond donors (Lipinski definition) is 1. The van der Waals surface area contributed by atoms with Crippen LogP contribution in [0.1, 0.15) is 44.4 Å².